The molecular weight excluding hydrogens is 413 g/mol. The Hall–Kier alpha value is -3.75. The zero-order chi connectivity index (χ0) is 23.2. The van der Waals surface area contributed by atoms with Crippen LogP contribution in [0.1, 0.15) is 42.4 Å². The summed E-state index contributed by atoms with van der Waals surface area (Å²) >= 11 is 0. The molecule has 33 heavy (non-hydrogen) atoms. The summed E-state index contributed by atoms with van der Waals surface area (Å²) in [4.78, 5) is 4.85. The maximum absolute atomic E-state index is 13.4. The molecule has 1 N–H and O–H groups in total. The van der Waals surface area contributed by atoms with Gasteiger partial charge in [-0.25, -0.2) is 9.37 Å². The molecule has 166 valence electrons. The van der Waals surface area contributed by atoms with Crippen LogP contribution in [-0.2, 0) is 19.6 Å². The molecular formula is C28H26FN3O. The number of aryl methyl sites for hydroxylation is 1. The Kier molecular flexibility index (Phi) is 6.97. The summed E-state index contributed by atoms with van der Waals surface area (Å²) in [6, 6.07) is 24.2. The molecule has 1 heterocycles. The smallest absolute Gasteiger partial charge is 0.123 e. The van der Waals surface area contributed by atoms with Crippen molar-refractivity contribution in [1.82, 2.24) is 9.55 Å². The maximum Gasteiger partial charge on any atom is 0.123 e. The van der Waals surface area contributed by atoms with Crippen LogP contribution in [0.25, 0.3) is 22.4 Å². The van der Waals surface area contributed by atoms with Gasteiger partial charge < -0.3 is 9.67 Å². The zero-order valence-corrected chi connectivity index (χ0v) is 18.6. The first-order valence-corrected chi connectivity index (χ1v) is 11.2. The first-order chi connectivity index (χ1) is 16.1. The van der Waals surface area contributed by atoms with Crippen molar-refractivity contribution in [2.45, 2.75) is 39.3 Å². The third-order valence-corrected chi connectivity index (χ3v) is 5.83. The molecule has 0 spiro atoms. The lowest BCUT2D eigenvalue weighted by molar-refractivity contribution is 0.271. The van der Waals surface area contributed by atoms with E-state index in [9.17, 15) is 14.8 Å². The van der Waals surface area contributed by atoms with E-state index in [0.717, 1.165) is 53.0 Å². The Bertz CT molecular complexity index is 1270. The fourth-order valence-electron chi connectivity index (χ4n) is 4.05. The summed E-state index contributed by atoms with van der Waals surface area (Å²) in [5.41, 5.74) is 5.83. The lowest BCUT2D eigenvalue weighted by Crippen LogP contribution is -2.09. The molecule has 1 aromatic heterocycles. The van der Waals surface area contributed by atoms with Crippen molar-refractivity contribution in [2.75, 3.05) is 0 Å². The summed E-state index contributed by atoms with van der Waals surface area (Å²) in [7, 11) is 0. The Labute approximate surface area is 193 Å². The number of aliphatic hydroxyl groups is 1. The molecule has 0 atom stereocenters. The third kappa shape index (κ3) is 4.87. The van der Waals surface area contributed by atoms with Crippen LogP contribution in [-0.4, -0.2) is 14.7 Å². The molecule has 5 heteroatoms. The van der Waals surface area contributed by atoms with Gasteiger partial charge in [-0.2, -0.15) is 5.26 Å². The highest BCUT2D eigenvalue weighted by molar-refractivity contribution is 5.70. The van der Waals surface area contributed by atoms with E-state index in [1.165, 1.54) is 12.1 Å². The van der Waals surface area contributed by atoms with Gasteiger partial charge in [-0.05, 0) is 53.4 Å². The van der Waals surface area contributed by atoms with Gasteiger partial charge in [-0.15, -0.1) is 0 Å². The van der Waals surface area contributed by atoms with Gasteiger partial charge in [-0.1, -0.05) is 55.8 Å². The lowest BCUT2D eigenvalue weighted by Gasteiger charge is -2.13. The van der Waals surface area contributed by atoms with Crippen molar-refractivity contribution in [3.8, 4) is 28.5 Å². The number of aromatic nitrogens is 2. The zero-order valence-electron chi connectivity index (χ0n) is 18.6. The summed E-state index contributed by atoms with van der Waals surface area (Å²) < 4.78 is 15.5. The molecule has 0 saturated carbocycles. The van der Waals surface area contributed by atoms with E-state index in [-0.39, 0.29) is 12.4 Å². The second kappa shape index (κ2) is 10.2. The number of nitrogens with zero attached hydrogens (tertiary/aromatic N) is 3. The second-order valence-electron chi connectivity index (χ2n) is 8.03. The predicted octanol–water partition coefficient (Wildman–Crippen LogP) is 6.11. The van der Waals surface area contributed by atoms with Gasteiger partial charge in [0.2, 0.25) is 0 Å². The van der Waals surface area contributed by atoms with E-state index in [2.05, 4.69) is 17.6 Å². The Morgan fingerprint density at radius 3 is 2.33 bits per heavy atom. The summed E-state index contributed by atoms with van der Waals surface area (Å²) in [6.45, 7) is 2.56. The highest BCUT2D eigenvalue weighted by Crippen LogP contribution is 2.28. The fraction of sp³-hybridized carbons (Fsp3) is 0.214. The normalized spacial score (nSPS) is 10.8. The molecule has 0 aliphatic heterocycles. The molecule has 0 fully saturated rings. The summed E-state index contributed by atoms with van der Waals surface area (Å²) in [5.74, 6) is 0.618. The largest absolute Gasteiger partial charge is 0.390 e. The number of nitriles is 1. The molecule has 3 aromatic carbocycles. The van der Waals surface area contributed by atoms with Crippen molar-refractivity contribution in [1.29, 1.82) is 5.26 Å². The average molecular weight is 440 g/mol. The van der Waals surface area contributed by atoms with Crippen LogP contribution in [0.2, 0.25) is 0 Å². The SMILES string of the molecule is CCCCc1nc(-c2ccc(F)cc2)c(CO)n1Cc1ccc(-c2ccccc2C#N)cc1. The molecule has 0 aliphatic carbocycles. The van der Waals surface area contributed by atoms with Gasteiger partial charge in [0.05, 0.1) is 29.6 Å². The molecule has 0 saturated heterocycles. The van der Waals surface area contributed by atoms with Crippen LogP contribution in [0.15, 0.2) is 72.8 Å². The summed E-state index contributed by atoms with van der Waals surface area (Å²) in [6.07, 6.45) is 2.84. The molecule has 4 rings (SSSR count). The second-order valence-corrected chi connectivity index (χ2v) is 8.03. The van der Waals surface area contributed by atoms with Gasteiger partial charge in [0.15, 0.2) is 0 Å². The summed E-state index contributed by atoms with van der Waals surface area (Å²) in [5, 5.41) is 19.6. The number of benzene rings is 3. The monoisotopic (exact) mass is 439 g/mol. The topological polar surface area (TPSA) is 61.8 Å². The maximum atomic E-state index is 13.4. The van der Waals surface area contributed by atoms with Crippen LogP contribution in [0.5, 0.6) is 0 Å². The molecule has 0 aliphatic rings. The highest BCUT2D eigenvalue weighted by atomic mass is 19.1. The fourth-order valence-corrected chi connectivity index (χ4v) is 4.05. The molecule has 4 nitrogen and oxygen atoms in total. The van der Waals surface area contributed by atoms with Crippen LogP contribution < -0.4 is 0 Å². The van der Waals surface area contributed by atoms with Crippen molar-refractivity contribution in [3.63, 3.8) is 0 Å². The molecule has 0 amide bonds. The number of halogens is 1. The Balaban J connectivity index is 1.69. The van der Waals surface area contributed by atoms with E-state index >= 15 is 0 Å². The first kappa shape index (κ1) is 22.4. The molecule has 0 radical (unpaired) electrons. The van der Waals surface area contributed by atoms with Crippen LogP contribution in [0, 0.1) is 17.1 Å². The third-order valence-electron chi connectivity index (χ3n) is 5.83. The van der Waals surface area contributed by atoms with Gasteiger partial charge in [-0.3, -0.25) is 0 Å². The average Bonchev–Trinajstić information content (AvgIpc) is 3.20. The standard InChI is InChI=1S/C28H26FN3O/c1-2-3-8-27-31-28(22-13-15-24(29)16-14-22)26(19-33)32(27)18-20-9-11-21(12-10-20)25-7-5-4-6-23(25)17-30/h4-7,9-16,33H,2-3,8,18-19H2,1H3. The van der Waals surface area contributed by atoms with Crippen LogP contribution in [0.3, 0.4) is 0 Å². The Morgan fingerprint density at radius 2 is 1.67 bits per heavy atom. The van der Waals surface area contributed by atoms with Crippen molar-refractivity contribution < 1.29 is 9.50 Å². The van der Waals surface area contributed by atoms with E-state index < -0.39 is 0 Å². The van der Waals surface area contributed by atoms with Crippen LogP contribution in [0.4, 0.5) is 4.39 Å². The quantitative estimate of drug-likeness (QED) is 0.360. The lowest BCUT2D eigenvalue weighted by atomic mass is 9.99. The van der Waals surface area contributed by atoms with Crippen LogP contribution >= 0.6 is 0 Å². The molecule has 0 bridgehead atoms. The van der Waals surface area contributed by atoms with E-state index in [1.807, 2.05) is 48.5 Å². The minimum atomic E-state index is -0.298. The van der Waals surface area contributed by atoms with Crippen molar-refractivity contribution in [2.24, 2.45) is 0 Å². The molecule has 4 aromatic rings. The van der Waals surface area contributed by atoms with Gasteiger partial charge in [0.1, 0.15) is 11.6 Å². The Morgan fingerprint density at radius 1 is 0.970 bits per heavy atom. The van der Waals surface area contributed by atoms with Gasteiger partial charge in [0, 0.05) is 18.5 Å². The highest BCUT2D eigenvalue weighted by Gasteiger charge is 2.18. The number of imidazole rings is 1. The van der Waals surface area contributed by atoms with Crippen molar-refractivity contribution in [3.05, 3.63) is 101 Å². The van der Waals surface area contributed by atoms with E-state index in [4.69, 9.17) is 4.98 Å². The van der Waals surface area contributed by atoms with Gasteiger partial charge >= 0.3 is 0 Å². The number of rotatable bonds is 8. The predicted molar refractivity (Wildman–Crippen MR) is 128 cm³/mol. The number of unbranched alkanes of at least 4 members (excludes halogenated alkanes) is 1. The molecule has 0 unspecified atom stereocenters. The number of aliphatic hydroxyl groups excluding tert-OH is 1. The van der Waals surface area contributed by atoms with Crippen molar-refractivity contribution >= 4 is 0 Å². The van der Waals surface area contributed by atoms with E-state index in [0.29, 0.717) is 17.8 Å². The van der Waals surface area contributed by atoms with Gasteiger partial charge in [0.25, 0.3) is 0 Å². The number of hydrogen-bond acceptors (Lipinski definition) is 3. The minimum Gasteiger partial charge on any atom is -0.390 e. The minimum absolute atomic E-state index is 0.153. The van der Waals surface area contributed by atoms with E-state index in [1.54, 1.807) is 12.1 Å². The number of hydrogen-bond donors (Lipinski definition) is 1. The first-order valence-electron chi connectivity index (χ1n) is 11.2.